The number of ketones is 1. The van der Waals surface area contributed by atoms with E-state index in [9.17, 15) is 29.7 Å². The molecule has 1 heterocycles. The fourth-order valence-corrected chi connectivity index (χ4v) is 4.31. The number of unbranched alkanes of at least 4 members (excludes halogenated alkanes) is 5. The molecule has 0 amide bonds. The zero-order valence-corrected chi connectivity index (χ0v) is 20.2. The number of carboxylic acids is 1. The monoisotopic (exact) mass is 484 g/mol. The number of carbonyl (C=O) groups is 3. The van der Waals surface area contributed by atoms with Crippen LogP contribution in [0.15, 0.2) is 18.2 Å². The minimum absolute atomic E-state index is 0.00298. The molecular weight excluding hydrogens is 452 g/mol. The van der Waals surface area contributed by atoms with Crippen LogP contribution in [0.5, 0.6) is 28.7 Å². The number of aromatic hydroxyl groups is 2. The van der Waals surface area contributed by atoms with Crippen LogP contribution in [0.1, 0.15) is 97.1 Å². The number of aromatic carboxylic acids is 1. The first kappa shape index (κ1) is 26.1. The van der Waals surface area contributed by atoms with Gasteiger partial charge in [-0.2, -0.15) is 0 Å². The Balaban J connectivity index is 2.02. The Morgan fingerprint density at radius 1 is 0.886 bits per heavy atom. The Hall–Kier alpha value is -3.55. The maximum absolute atomic E-state index is 13.1. The van der Waals surface area contributed by atoms with E-state index < -0.39 is 17.7 Å². The molecule has 3 N–H and O–H groups in total. The molecule has 0 bridgehead atoms. The highest BCUT2D eigenvalue weighted by atomic mass is 16.6. The van der Waals surface area contributed by atoms with Gasteiger partial charge in [-0.15, -0.1) is 0 Å². The highest BCUT2D eigenvalue weighted by Crippen LogP contribution is 2.46. The molecule has 0 radical (unpaired) electrons. The van der Waals surface area contributed by atoms with Crippen LogP contribution in [0.4, 0.5) is 0 Å². The maximum atomic E-state index is 13.1. The van der Waals surface area contributed by atoms with Gasteiger partial charge < -0.3 is 24.8 Å². The van der Waals surface area contributed by atoms with Crippen LogP contribution in [-0.4, -0.2) is 33.0 Å². The number of benzene rings is 2. The molecule has 1 aliphatic rings. The van der Waals surface area contributed by atoms with Crippen LogP contribution in [0.25, 0.3) is 0 Å². The van der Waals surface area contributed by atoms with Gasteiger partial charge in [0.2, 0.25) is 0 Å². The van der Waals surface area contributed by atoms with Gasteiger partial charge in [-0.1, -0.05) is 46.0 Å². The van der Waals surface area contributed by atoms with Crippen LogP contribution >= 0.6 is 0 Å². The molecule has 0 unspecified atom stereocenters. The van der Waals surface area contributed by atoms with Gasteiger partial charge in [0.15, 0.2) is 11.5 Å². The van der Waals surface area contributed by atoms with Crippen molar-refractivity contribution >= 4 is 17.7 Å². The van der Waals surface area contributed by atoms with Crippen LogP contribution in [0.2, 0.25) is 0 Å². The summed E-state index contributed by atoms with van der Waals surface area (Å²) in [7, 11) is 0. The van der Waals surface area contributed by atoms with Gasteiger partial charge in [0.05, 0.1) is 0 Å². The van der Waals surface area contributed by atoms with E-state index >= 15 is 0 Å². The summed E-state index contributed by atoms with van der Waals surface area (Å²) in [5.74, 6) is -3.08. The summed E-state index contributed by atoms with van der Waals surface area (Å²) in [5, 5.41) is 30.4. The van der Waals surface area contributed by atoms with E-state index in [-0.39, 0.29) is 63.9 Å². The third-order valence-electron chi connectivity index (χ3n) is 6.05. The van der Waals surface area contributed by atoms with Crippen LogP contribution in [-0.2, 0) is 17.6 Å². The molecule has 0 saturated heterocycles. The SMILES string of the molecule is CCCCCCC(=O)Cc1cc(O)cc2c1C(=O)Oc1cc(O)c(C(=O)O)c(CCCCC)c1O2. The number of fused-ring (bicyclic) bond motifs is 2. The average Bonchev–Trinajstić information content (AvgIpc) is 2.91. The Morgan fingerprint density at radius 3 is 2.29 bits per heavy atom. The van der Waals surface area contributed by atoms with E-state index in [1.165, 1.54) is 12.1 Å². The van der Waals surface area contributed by atoms with Crippen molar-refractivity contribution in [3.63, 3.8) is 0 Å². The van der Waals surface area contributed by atoms with Crippen LogP contribution < -0.4 is 9.47 Å². The predicted octanol–water partition coefficient (Wildman–Crippen LogP) is 5.94. The van der Waals surface area contributed by atoms with E-state index in [0.29, 0.717) is 12.8 Å². The zero-order chi connectivity index (χ0) is 25.5. The molecule has 0 saturated carbocycles. The fourth-order valence-electron chi connectivity index (χ4n) is 4.31. The predicted molar refractivity (Wildman–Crippen MR) is 129 cm³/mol. The van der Waals surface area contributed by atoms with Gasteiger partial charge in [0.1, 0.15) is 34.2 Å². The highest BCUT2D eigenvalue weighted by molar-refractivity contribution is 6.00. The smallest absolute Gasteiger partial charge is 0.347 e. The number of esters is 1. The third kappa shape index (κ3) is 6.12. The van der Waals surface area contributed by atoms with Crippen molar-refractivity contribution in [3.8, 4) is 28.7 Å². The Kier molecular flexibility index (Phi) is 8.73. The molecule has 0 aromatic heterocycles. The molecule has 2 aromatic rings. The summed E-state index contributed by atoms with van der Waals surface area (Å²) in [6.07, 6.45) is 6.70. The van der Waals surface area contributed by atoms with Crippen LogP contribution in [0, 0.1) is 0 Å². The standard InChI is InChI=1S/C27H32O8/c1-3-5-7-9-10-17(28)12-16-13-18(29)14-21-23(16)27(33)35-22-15-20(30)24(26(31)32)19(25(22)34-21)11-8-6-4-2/h13-15,29-30H,3-12H2,1-2H3,(H,31,32). The lowest BCUT2D eigenvalue weighted by atomic mass is 9.98. The molecule has 8 heteroatoms. The number of hydrogen-bond acceptors (Lipinski definition) is 7. The lowest BCUT2D eigenvalue weighted by Crippen LogP contribution is -2.13. The number of carbonyl (C=O) groups excluding carboxylic acids is 2. The van der Waals surface area contributed by atoms with Crippen molar-refractivity contribution in [1.82, 2.24) is 0 Å². The number of carboxylic acid groups (broad SMARTS) is 1. The lowest BCUT2D eigenvalue weighted by Gasteiger charge is -2.16. The minimum atomic E-state index is -1.33. The van der Waals surface area contributed by atoms with E-state index in [1.807, 2.05) is 6.92 Å². The number of ether oxygens (including phenoxy) is 2. The average molecular weight is 485 g/mol. The van der Waals surface area contributed by atoms with Crippen molar-refractivity contribution in [2.75, 3.05) is 0 Å². The van der Waals surface area contributed by atoms with Gasteiger partial charge >= 0.3 is 11.9 Å². The molecule has 188 valence electrons. The summed E-state index contributed by atoms with van der Waals surface area (Å²) in [4.78, 5) is 37.6. The van der Waals surface area contributed by atoms with Gasteiger partial charge in [0, 0.05) is 30.5 Å². The number of phenolic OH excluding ortho intramolecular Hbond substituents is 1. The first-order valence-electron chi connectivity index (χ1n) is 12.2. The maximum Gasteiger partial charge on any atom is 0.347 e. The summed E-state index contributed by atoms with van der Waals surface area (Å²) in [5.41, 5.74) is 0.158. The fraction of sp³-hybridized carbons (Fsp3) is 0.444. The molecule has 35 heavy (non-hydrogen) atoms. The van der Waals surface area contributed by atoms with Gasteiger partial charge in [-0.3, -0.25) is 4.79 Å². The molecule has 2 aromatic carbocycles. The molecule has 0 spiro atoms. The largest absolute Gasteiger partial charge is 0.508 e. The number of rotatable bonds is 12. The molecule has 8 nitrogen and oxygen atoms in total. The first-order chi connectivity index (χ1) is 16.8. The Labute approximate surface area is 204 Å². The summed E-state index contributed by atoms with van der Waals surface area (Å²) >= 11 is 0. The van der Waals surface area contributed by atoms with Gasteiger partial charge in [-0.05, 0) is 30.9 Å². The van der Waals surface area contributed by atoms with Gasteiger partial charge in [-0.25, -0.2) is 9.59 Å². The third-order valence-corrected chi connectivity index (χ3v) is 6.05. The number of hydrogen-bond donors (Lipinski definition) is 3. The van der Waals surface area contributed by atoms with Crippen molar-refractivity contribution < 1.29 is 39.2 Å². The van der Waals surface area contributed by atoms with E-state index in [2.05, 4.69) is 6.92 Å². The first-order valence-corrected chi connectivity index (χ1v) is 12.2. The normalized spacial score (nSPS) is 12.2. The van der Waals surface area contributed by atoms with E-state index in [1.54, 1.807) is 0 Å². The Morgan fingerprint density at radius 2 is 1.60 bits per heavy atom. The molecule has 3 rings (SSSR count). The number of phenols is 2. The second-order valence-electron chi connectivity index (χ2n) is 8.83. The minimum Gasteiger partial charge on any atom is -0.508 e. The highest BCUT2D eigenvalue weighted by Gasteiger charge is 2.32. The lowest BCUT2D eigenvalue weighted by molar-refractivity contribution is -0.118. The molecule has 0 fully saturated rings. The van der Waals surface area contributed by atoms with Crippen molar-refractivity contribution in [2.45, 2.75) is 78.1 Å². The summed E-state index contributed by atoms with van der Waals surface area (Å²) < 4.78 is 11.5. The zero-order valence-electron chi connectivity index (χ0n) is 20.2. The molecular formula is C27H32O8. The van der Waals surface area contributed by atoms with Crippen LogP contribution in [0.3, 0.4) is 0 Å². The molecule has 1 aliphatic heterocycles. The second kappa shape index (κ2) is 11.7. The summed E-state index contributed by atoms with van der Waals surface area (Å²) in [6.45, 7) is 4.09. The van der Waals surface area contributed by atoms with Crippen molar-refractivity contribution in [2.24, 2.45) is 0 Å². The van der Waals surface area contributed by atoms with E-state index in [0.717, 1.165) is 44.6 Å². The van der Waals surface area contributed by atoms with Crippen molar-refractivity contribution in [3.05, 3.63) is 40.5 Å². The van der Waals surface area contributed by atoms with E-state index in [4.69, 9.17) is 9.47 Å². The summed E-state index contributed by atoms with van der Waals surface area (Å²) in [6, 6.07) is 3.63. The molecule has 0 aliphatic carbocycles. The Bertz CT molecular complexity index is 1120. The quantitative estimate of drug-likeness (QED) is 0.192. The van der Waals surface area contributed by atoms with Gasteiger partial charge in [0.25, 0.3) is 0 Å². The second-order valence-corrected chi connectivity index (χ2v) is 8.83. The van der Waals surface area contributed by atoms with Crippen molar-refractivity contribution in [1.29, 1.82) is 0 Å². The molecule has 0 atom stereocenters. The topological polar surface area (TPSA) is 130 Å². The number of Topliss-reactive ketones (excluding diaryl/α,β-unsaturated/α-hetero) is 1.